The number of hydrogen-bond donors (Lipinski definition) is 0. The highest BCUT2D eigenvalue weighted by molar-refractivity contribution is 7.15. The minimum absolute atomic E-state index is 0.713. The maximum Gasteiger partial charge on any atom is 0.194 e. The Labute approximate surface area is 126 Å². The summed E-state index contributed by atoms with van der Waals surface area (Å²) in [4.78, 5) is 11.9. The second-order valence-corrected chi connectivity index (χ2v) is 6.12. The largest absolute Gasteiger partial charge is 0.296 e. The summed E-state index contributed by atoms with van der Waals surface area (Å²) in [5.41, 5.74) is 3.41. The number of pyridine rings is 1. The molecule has 104 valence electrons. The maximum absolute atomic E-state index is 6.15. The second-order valence-electron chi connectivity index (χ2n) is 4.84. The lowest BCUT2D eigenvalue weighted by atomic mass is 10.2. The van der Waals surface area contributed by atoms with Crippen LogP contribution in [-0.2, 0) is 13.1 Å². The topological polar surface area (TPSA) is 33.4 Å². The number of halogens is 1. The molecule has 20 heavy (non-hydrogen) atoms. The fraction of sp³-hybridized carbons (Fsp3) is 0.286. The van der Waals surface area contributed by atoms with Gasteiger partial charge in [-0.05, 0) is 25.6 Å². The number of rotatable bonds is 4. The summed E-state index contributed by atoms with van der Waals surface area (Å²) in [6.07, 6.45) is 5.53. The van der Waals surface area contributed by atoms with Crippen molar-refractivity contribution in [3.63, 3.8) is 0 Å². The lowest BCUT2D eigenvalue weighted by Crippen LogP contribution is -2.19. The molecule has 0 fully saturated rings. The van der Waals surface area contributed by atoms with Gasteiger partial charge >= 0.3 is 0 Å². The van der Waals surface area contributed by atoms with Crippen molar-refractivity contribution in [2.24, 2.45) is 0 Å². The molecular weight excluding hydrogens is 292 g/mol. The predicted octanol–water partition coefficient (Wildman–Crippen LogP) is 3.38. The molecule has 0 aliphatic carbocycles. The van der Waals surface area contributed by atoms with Crippen molar-refractivity contribution in [3.8, 4) is 0 Å². The summed E-state index contributed by atoms with van der Waals surface area (Å²) in [6, 6.07) is 1.96. The average Bonchev–Trinajstić information content (AvgIpc) is 2.96. The summed E-state index contributed by atoms with van der Waals surface area (Å²) in [6.45, 7) is 3.68. The van der Waals surface area contributed by atoms with Crippen molar-refractivity contribution in [2.45, 2.75) is 20.0 Å². The molecule has 0 bridgehead atoms. The van der Waals surface area contributed by atoms with Gasteiger partial charge in [-0.3, -0.25) is 14.3 Å². The van der Waals surface area contributed by atoms with E-state index in [-0.39, 0.29) is 0 Å². The average molecular weight is 307 g/mol. The third-order valence-electron chi connectivity index (χ3n) is 3.28. The predicted molar refractivity (Wildman–Crippen MR) is 82.2 cm³/mol. The standard InChI is InChI=1S/C14H15ClN4S/c1-10-13(19-5-6-20-14(19)17-10)9-18(2)8-11-3-4-16-7-12(11)15/h3-7H,8-9H2,1-2H3. The van der Waals surface area contributed by atoms with Crippen LogP contribution in [0.3, 0.4) is 0 Å². The number of nitrogens with zero attached hydrogens (tertiary/aromatic N) is 4. The number of thiazole rings is 1. The van der Waals surface area contributed by atoms with Crippen molar-refractivity contribution in [1.82, 2.24) is 19.3 Å². The Balaban J connectivity index is 1.79. The van der Waals surface area contributed by atoms with Crippen LogP contribution < -0.4 is 0 Å². The lowest BCUT2D eigenvalue weighted by molar-refractivity contribution is 0.313. The second kappa shape index (κ2) is 5.52. The Hall–Kier alpha value is -1.43. The van der Waals surface area contributed by atoms with Gasteiger partial charge in [-0.15, -0.1) is 11.3 Å². The smallest absolute Gasteiger partial charge is 0.194 e. The van der Waals surface area contributed by atoms with E-state index in [9.17, 15) is 0 Å². The number of imidazole rings is 1. The van der Waals surface area contributed by atoms with Crippen LogP contribution in [0.5, 0.6) is 0 Å². The molecule has 0 unspecified atom stereocenters. The molecule has 3 aromatic heterocycles. The van der Waals surface area contributed by atoms with E-state index in [4.69, 9.17) is 11.6 Å². The highest BCUT2D eigenvalue weighted by Crippen LogP contribution is 2.20. The third kappa shape index (κ3) is 2.57. The normalized spacial score (nSPS) is 11.6. The molecule has 0 saturated carbocycles. The van der Waals surface area contributed by atoms with Gasteiger partial charge in [0.2, 0.25) is 0 Å². The number of aromatic nitrogens is 3. The van der Waals surface area contributed by atoms with Crippen LogP contribution in [-0.4, -0.2) is 26.3 Å². The highest BCUT2D eigenvalue weighted by atomic mass is 35.5. The van der Waals surface area contributed by atoms with E-state index in [0.29, 0.717) is 5.02 Å². The lowest BCUT2D eigenvalue weighted by Gasteiger charge is -2.17. The zero-order valence-corrected chi connectivity index (χ0v) is 12.9. The Bertz CT molecular complexity index is 734. The monoisotopic (exact) mass is 306 g/mol. The number of hydrogen-bond acceptors (Lipinski definition) is 4. The van der Waals surface area contributed by atoms with Crippen LogP contribution >= 0.6 is 22.9 Å². The molecule has 3 aromatic rings. The Kier molecular flexibility index (Phi) is 3.74. The minimum atomic E-state index is 0.713. The van der Waals surface area contributed by atoms with Crippen LogP contribution in [0.2, 0.25) is 5.02 Å². The molecule has 0 N–H and O–H groups in total. The first-order valence-corrected chi connectivity index (χ1v) is 7.59. The summed E-state index contributed by atoms with van der Waals surface area (Å²) < 4.78 is 2.16. The van der Waals surface area contributed by atoms with E-state index in [1.54, 1.807) is 23.7 Å². The van der Waals surface area contributed by atoms with Crippen molar-refractivity contribution < 1.29 is 0 Å². The third-order valence-corrected chi connectivity index (χ3v) is 4.37. The first-order valence-electron chi connectivity index (χ1n) is 6.33. The number of fused-ring (bicyclic) bond motifs is 1. The summed E-state index contributed by atoms with van der Waals surface area (Å²) in [5.74, 6) is 0. The van der Waals surface area contributed by atoms with Gasteiger partial charge in [0.25, 0.3) is 0 Å². The maximum atomic E-state index is 6.15. The molecule has 0 radical (unpaired) electrons. The van der Waals surface area contributed by atoms with Crippen molar-refractivity contribution in [3.05, 3.63) is 52.0 Å². The molecule has 0 aliphatic rings. The van der Waals surface area contributed by atoms with Gasteiger partial charge < -0.3 is 0 Å². The van der Waals surface area contributed by atoms with E-state index >= 15 is 0 Å². The van der Waals surface area contributed by atoms with Crippen LogP contribution in [0.1, 0.15) is 17.0 Å². The summed E-state index contributed by atoms with van der Waals surface area (Å²) in [7, 11) is 2.09. The van der Waals surface area contributed by atoms with E-state index in [1.807, 2.05) is 6.07 Å². The van der Waals surface area contributed by atoms with E-state index < -0.39 is 0 Å². The zero-order valence-electron chi connectivity index (χ0n) is 11.4. The summed E-state index contributed by atoms with van der Waals surface area (Å²) >= 11 is 7.81. The highest BCUT2D eigenvalue weighted by Gasteiger charge is 2.12. The first kappa shape index (κ1) is 13.5. The first-order chi connectivity index (χ1) is 9.65. The minimum Gasteiger partial charge on any atom is -0.296 e. The van der Waals surface area contributed by atoms with Crippen LogP contribution in [0.4, 0.5) is 0 Å². The molecule has 0 spiro atoms. The molecule has 4 nitrogen and oxygen atoms in total. The van der Waals surface area contributed by atoms with Crippen molar-refractivity contribution >= 4 is 27.9 Å². The molecule has 6 heteroatoms. The van der Waals surface area contributed by atoms with Gasteiger partial charge in [0.05, 0.1) is 16.4 Å². The van der Waals surface area contributed by atoms with Gasteiger partial charge in [-0.25, -0.2) is 4.98 Å². The molecule has 0 atom stereocenters. The molecule has 0 aliphatic heterocycles. The van der Waals surface area contributed by atoms with Crippen molar-refractivity contribution in [2.75, 3.05) is 7.05 Å². The van der Waals surface area contributed by atoms with Crippen molar-refractivity contribution in [1.29, 1.82) is 0 Å². The molecule has 0 saturated heterocycles. The van der Waals surface area contributed by atoms with E-state index in [2.05, 4.69) is 44.8 Å². The number of aryl methyl sites for hydroxylation is 1. The van der Waals surface area contributed by atoms with Gasteiger partial charge in [0.15, 0.2) is 4.96 Å². The van der Waals surface area contributed by atoms with Gasteiger partial charge in [-0.1, -0.05) is 11.6 Å². The van der Waals surface area contributed by atoms with Crippen LogP contribution in [0.25, 0.3) is 4.96 Å². The van der Waals surface area contributed by atoms with Crippen LogP contribution in [0, 0.1) is 6.92 Å². The fourth-order valence-electron chi connectivity index (χ4n) is 2.27. The molecular formula is C14H15ClN4S. The van der Waals surface area contributed by atoms with Crippen LogP contribution in [0.15, 0.2) is 30.0 Å². The molecule has 0 amide bonds. The molecule has 3 rings (SSSR count). The Morgan fingerprint density at radius 1 is 1.40 bits per heavy atom. The van der Waals surface area contributed by atoms with E-state index in [0.717, 1.165) is 29.3 Å². The Morgan fingerprint density at radius 3 is 3.05 bits per heavy atom. The van der Waals surface area contributed by atoms with Gasteiger partial charge in [0.1, 0.15) is 0 Å². The Morgan fingerprint density at radius 2 is 2.25 bits per heavy atom. The van der Waals surface area contributed by atoms with Gasteiger partial charge in [-0.2, -0.15) is 0 Å². The quantitative estimate of drug-likeness (QED) is 0.741. The SMILES string of the molecule is Cc1nc2sccn2c1CN(C)Cc1ccncc1Cl. The fourth-order valence-corrected chi connectivity index (χ4v) is 3.22. The summed E-state index contributed by atoms with van der Waals surface area (Å²) in [5, 5.41) is 2.77. The molecule has 0 aromatic carbocycles. The van der Waals surface area contributed by atoms with Gasteiger partial charge in [0, 0.05) is 37.1 Å². The zero-order chi connectivity index (χ0) is 14.1. The van der Waals surface area contributed by atoms with E-state index in [1.165, 1.54) is 5.69 Å². The molecule has 3 heterocycles.